The Hall–Kier alpha value is -1.36. The van der Waals surface area contributed by atoms with Crippen LogP contribution in [0.5, 0.6) is 0 Å². The Labute approximate surface area is 414 Å². The van der Waals surface area contributed by atoms with Gasteiger partial charge < -0.3 is 14.2 Å². The Morgan fingerprint density at radius 3 is 0.924 bits per heavy atom. The fraction of sp³-hybridized carbons (Fsp3) is 0.934. The molecule has 0 aromatic heterocycles. The summed E-state index contributed by atoms with van der Waals surface area (Å²) in [6.45, 7) is 7.90. The summed E-state index contributed by atoms with van der Waals surface area (Å²) in [6, 6.07) is 0. The molecule has 5 nitrogen and oxygen atoms in total. The molecule has 0 fully saturated rings. The monoisotopic (exact) mass is 931 g/mol. The highest BCUT2D eigenvalue weighted by atomic mass is 16.6. The lowest BCUT2D eigenvalue weighted by Crippen LogP contribution is -2.30. The number of unbranched alkanes of at least 4 members (excludes halogenated alkanes) is 44. The number of hydrogen-bond donors (Lipinski definition) is 0. The van der Waals surface area contributed by atoms with Gasteiger partial charge in [0.25, 0.3) is 0 Å². The first-order chi connectivity index (χ1) is 32.6. The van der Waals surface area contributed by atoms with Crippen LogP contribution in [0.25, 0.3) is 0 Å². The van der Waals surface area contributed by atoms with Crippen molar-refractivity contribution in [1.29, 1.82) is 0 Å². The number of hydrogen-bond acceptors (Lipinski definition) is 5. The third-order valence-electron chi connectivity index (χ3n) is 13.8. The molecule has 0 saturated heterocycles. The van der Waals surface area contributed by atoms with Crippen LogP contribution in [0, 0.1) is 0 Å². The maximum atomic E-state index is 12.9. The summed E-state index contributed by atoms with van der Waals surface area (Å²) in [5.74, 6) is -0.379. The van der Waals surface area contributed by atoms with Crippen LogP contribution in [-0.2, 0) is 23.8 Å². The van der Waals surface area contributed by atoms with E-state index in [4.69, 9.17) is 14.2 Å². The molecule has 0 N–H and O–H groups in total. The number of ether oxygens (including phenoxy) is 3. The highest BCUT2D eigenvalue weighted by Crippen LogP contribution is 2.17. The van der Waals surface area contributed by atoms with Crippen LogP contribution in [-0.4, -0.2) is 37.9 Å². The molecule has 0 heterocycles. The Morgan fingerprint density at radius 1 is 0.318 bits per heavy atom. The first-order valence-corrected chi connectivity index (χ1v) is 30.2. The van der Waals surface area contributed by atoms with Crippen LogP contribution >= 0.6 is 0 Å². The van der Waals surface area contributed by atoms with Crippen molar-refractivity contribution in [3.05, 3.63) is 12.2 Å². The van der Waals surface area contributed by atoms with E-state index in [1.165, 1.54) is 263 Å². The minimum absolute atomic E-state index is 0.0922. The van der Waals surface area contributed by atoms with Gasteiger partial charge in [-0.05, 0) is 44.9 Å². The summed E-state index contributed by atoms with van der Waals surface area (Å²) in [6.07, 6.45) is 68.1. The van der Waals surface area contributed by atoms with Gasteiger partial charge >= 0.3 is 11.9 Å². The lowest BCUT2D eigenvalue weighted by atomic mass is 10.0. The second-order valence-corrected chi connectivity index (χ2v) is 20.6. The van der Waals surface area contributed by atoms with Gasteiger partial charge in [-0.25, -0.2) is 0 Å². The van der Waals surface area contributed by atoms with Crippen molar-refractivity contribution < 1.29 is 23.8 Å². The minimum Gasteiger partial charge on any atom is -0.462 e. The van der Waals surface area contributed by atoms with Crippen molar-refractivity contribution >= 4 is 11.9 Å². The fourth-order valence-corrected chi connectivity index (χ4v) is 9.27. The van der Waals surface area contributed by atoms with Gasteiger partial charge in [-0.1, -0.05) is 296 Å². The summed E-state index contributed by atoms with van der Waals surface area (Å²) in [5, 5.41) is 0. The van der Waals surface area contributed by atoms with Crippen LogP contribution < -0.4 is 0 Å². The molecule has 0 aromatic rings. The maximum absolute atomic E-state index is 12.9. The minimum atomic E-state index is -0.532. The van der Waals surface area contributed by atoms with Crippen LogP contribution in [0.1, 0.15) is 342 Å². The van der Waals surface area contributed by atoms with E-state index in [2.05, 4.69) is 32.9 Å². The van der Waals surface area contributed by atoms with E-state index in [-0.39, 0.29) is 18.5 Å². The van der Waals surface area contributed by atoms with Crippen LogP contribution in [0.3, 0.4) is 0 Å². The van der Waals surface area contributed by atoms with Gasteiger partial charge in [-0.3, -0.25) is 9.59 Å². The van der Waals surface area contributed by atoms with E-state index >= 15 is 0 Å². The first-order valence-electron chi connectivity index (χ1n) is 30.2. The molecule has 0 bridgehead atoms. The van der Waals surface area contributed by atoms with Crippen molar-refractivity contribution in [3.8, 4) is 0 Å². The van der Waals surface area contributed by atoms with E-state index in [0.717, 1.165) is 44.9 Å². The first kappa shape index (κ1) is 64.6. The van der Waals surface area contributed by atoms with Crippen molar-refractivity contribution in [2.75, 3.05) is 19.8 Å². The van der Waals surface area contributed by atoms with Crippen molar-refractivity contribution in [2.24, 2.45) is 0 Å². The summed E-state index contributed by atoms with van der Waals surface area (Å²) < 4.78 is 17.5. The Kier molecular flexibility index (Phi) is 56.8. The largest absolute Gasteiger partial charge is 0.462 e. The number of esters is 2. The predicted molar refractivity (Wildman–Crippen MR) is 289 cm³/mol. The Balaban J connectivity index is 4.19. The van der Waals surface area contributed by atoms with Gasteiger partial charge in [0, 0.05) is 19.4 Å². The average Bonchev–Trinajstić information content (AvgIpc) is 3.32. The van der Waals surface area contributed by atoms with E-state index in [9.17, 15) is 9.59 Å². The zero-order valence-electron chi connectivity index (χ0n) is 45.2. The molecule has 0 aromatic carbocycles. The quantitative estimate of drug-likeness (QED) is 0.0345. The van der Waals surface area contributed by atoms with Gasteiger partial charge in [0.15, 0.2) is 6.10 Å². The normalized spacial score (nSPS) is 12.1. The van der Waals surface area contributed by atoms with Crippen LogP contribution in [0.4, 0.5) is 0 Å². The summed E-state index contributed by atoms with van der Waals surface area (Å²) in [7, 11) is 0. The lowest BCUT2D eigenvalue weighted by molar-refractivity contribution is -0.163. The fourth-order valence-electron chi connectivity index (χ4n) is 9.27. The average molecular weight is 932 g/mol. The summed E-state index contributed by atoms with van der Waals surface area (Å²) >= 11 is 0. The molecule has 1 atom stereocenters. The molecule has 1 unspecified atom stereocenters. The molecule has 0 saturated carbocycles. The molecular weight excluding hydrogens is 813 g/mol. The molecule has 0 radical (unpaired) electrons. The smallest absolute Gasteiger partial charge is 0.306 e. The van der Waals surface area contributed by atoms with E-state index in [0.29, 0.717) is 26.1 Å². The van der Waals surface area contributed by atoms with Crippen molar-refractivity contribution in [3.63, 3.8) is 0 Å². The Bertz CT molecular complexity index is 963. The maximum Gasteiger partial charge on any atom is 0.306 e. The van der Waals surface area contributed by atoms with Gasteiger partial charge in [-0.15, -0.1) is 0 Å². The molecule has 66 heavy (non-hydrogen) atoms. The zero-order chi connectivity index (χ0) is 47.7. The number of carbonyl (C=O) groups is 2. The van der Waals surface area contributed by atoms with E-state index < -0.39 is 6.10 Å². The number of rotatable bonds is 57. The van der Waals surface area contributed by atoms with Crippen LogP contribution in [0.2, 0.25) is 0 Å². The molecule has 0 amide bonds. The van der Waals surface area contributed by atoms with Gasteiger partial charge in [0.2, 0.25) is 0 Å². The second kappa shape index (κ2) is 58.0. The second-order valence-electron chi connectivity index (χ2n) is 20.6. The highest BCUT2D eigenvalue weighted by molar-refractivity contribution is 5.70. The molecule has 0 aliphatic carbocycles. The topological polar surface area (TPSA) is 61.8 Å². The van der Waals surface area contributed by atoms with Crippen molar-refractivity contribution in [1.82, 2.24) is 0 Å². The molecule has 0 spiro atoms. The summed E-state index contributed by atoms with van der Waals surface area (Å²) in [5.41, 5.74) is 0. The SMILES string of the molecule is CCCCCCCC/C=C\CCCCCCCC(=O)OC(COCCCCCCCCCCCCCCCCCCCCCC)COC(=O)CCCCCCCCCCCCCCCCC. The molecule has 0 aliphatic rings. The molecule has 0 rings (SSSR count). The van der Waals surface area contributed by atoms with Gasteiger partial charge in [0.1, 0.15) is 6.61 Å². The number of carbonyl (C=O) groups excluding carboxylic acids is 2. The zero-order valence-corrected chi connectivity index (χ0v) is 45.2. The summed E-state index contributed by atoms with van der Waals surface area (Å²) in [4.78, 5) is 25.5. The third-order valence-corrected chi connectivity index (χ3v) is 13.8. The van der Waals surface area contributed by atoms with E-state index in [1.54, 1.807) is 0 Å². The molecule has 5 heteroatoms. The molecule has 0 aliphatic heterocycles. The predicted octanol–water partition coefficient (Wildman–Crippen LogP) is 20.6. The van der Waals surface area contributed by atoms with Crippen LogP contribution in [0.15, 0.2) is 12.2 Å². The van der Waals surface area contributed by atoms with Gasteiger partial charge in [0.05, 0.1) is 6.61 Å². The Morgan fingerprint density at radius 2 is 0.591 bits per heavy atom. The highest BCUT2D eigenvalue weighted by Gasteiger charge is 2.17. The lowest BCUT2D eigenvalue weighted by Gasteiger charge is -2.18. The number of allylic oxidation sites excluding steroid dienone is 2. The molecular formula is C61H118O5. The van der Waals surface area contributed by atoms with Crippen molar-refractivity contribution in [2.45, 2.75) is 348 Å². The molecule has 392 valence electrons. The van der Waals surface area contributed by atoms with Gasteiger partial charge in [-0.2, -0.15) is 0 Å². The standard InChI is InChI=1S/C61H118O5/c1-4-7-10-13-16-19-22-25-28-29-30-31-32-35-38-41-44-47-50-53-56-64-57-59(66-61(63)55-52-49-46-43-40-37-34-27-24-21-18-15-12-9-6-3)58-65-60(62)54-51-48-45-42-39-36-33-26-23-20-17-14-11-8-5-2/h27,34,59H,4-26,28-33,35-58H2,1-3H3/b34-27-. The van der Waals surface area contributed by atoms with E-state index in [1.807, 2.05) is 0 Å². The third kappa shape index (κ3) is 55.2.